The highest BCUT2D eigenvalue weighted by atomic mass is 16.3. The van der Waals surface area contributed by atoms with Gasteiger partial charge in [0.25, 0.3) is 5.91 Å². The van der Waals surface area contributed by atoms with E-state index in [4.69, 9.17) is 0 Å². The van der Waals surface area contributed by atoms with Gasteiger partial charge in [-0.1, -0.05) is 36.4 Å². The number of carbonyl (C=O) groups is 1. The Morgan fingerprint density at radius 3 is 2.58 bits per heavy atom. The molecule has 0 aromatic heterocycles. The van der Waals surface area contributed by atoms with Gasteiger partial charge in [-0.15, -0.1) is 0 Å². The van der Waals surface area contributed by atoms with Gasteiger partial charge in [-0.05, 0) is 42.9 Å². The van der Waals surface area contributed by atoms with Crippen LogP contribution in [0.25, 0.3) is 11.1 Å². The predicted octanol–water partition coefficient (Wildman–Crippen LogP) is 1.82. The van der Waals surface area contributed by atoms with Crippen LogP contribution in [0, 0.1) is 0 Å². The lowest BCUT2D eigenvalue weighted by atomic mass is 9.99. The molecule has 5 nitrogen and oxygen atoms in total. The molecular formula is C21H27N3O2. The van der Waals surface area contributed by atoms with Crippen molar-refractivity contribution in [2.75, 3.05) is 40.3 Å². The summed E-state index contributed by atoms with van der Waals surface area (Å²) in [4.78, 5) is 17.1. The Hall–Kier alpha value is -2.21. The van der Waals surface area contributed by atoms with Crippen LogP contribution in [0.5, 0.6) is 0 Å². The van der Waals surface area contributed by atoms with Crippen LogP contribution >= 0.6 is 0 Å². The summed E-state index contributed by atoms with van der Waals surface area (Å²) in [5.74, 6) is -0.0476. The van der Waals surface area contributed by atoms with Crippen LogP contribution in [-0.2, 0) is 6.61 Å². The minimum Gasteiger partial charge on any atom is -0.392 e. The van der Waals surface area contributed by atoms with Crippen LogP contribution in [0.1, 0.15) is 15.9 Å². The summed E-state index contributed by atoms with van der Waals surface area (Å²) < 4.78 is 0. The van der Waals surface area contributed by atoms with Crippen LogP contribution in [0.15, 0.2) is 48.5 Å². The zero-order valence-electron chi connectivity index (χ0n) is 15.5. The number of carbonyl (C=O) groups excluding carboxylic acids is 1. The number of benzene rings is 2. The summed E-state index contributed by atoms with van der Waals surface area (Å²) in [6, 6.07) is 15.7. The van der Waals surface area contributed by atoms with E-state index < -0.39 is 0 Å². The van der Waals surface area contributed by atoms with Crippen LogP contribution < -0.4 is 5.32 Å². The van der Waals surface area contributed by atoms with E-state index in [0.717, 1.165) is 36.3 Å². The molecule has 0 spiro atoms. The molecule has 1 amide bonds. The van der Waals surface area contributed by atoms with E-state index in [1.54, 1.807) is 0 Å². The summed E-state index contributed by atoms with van der Waals surface area (Å²) in [5.41, 5.74) is 3.53. The first kappa shape index (κ1) is 18.6. The molecule has 26 heavy (non-hydrogen) atoms. The summed E-state index contributed by atoms with van der Waals surface area (Å²) in [6.45, 7) is 3.71. The lowest BCUT2D eigenvalue weighted by Crippen LogP contribution is -2.54. The van der Waals surface area contributed by atoms with Gasteiger partial charge >= 0.3 is 0 Å². The lowest BCUT2D eigenvalue weighted by molar-refractivity contribution is 0.0881. The first-order valence-electron chi connectivity index (χ1n) is 9.04. The standard InChI is InChI=1S/C21H27N3O2/c1-23-11-12-24(2)19(14-23)13-22-21(26)17-9-7-16(8-10-17)20-6-4-3-5-18(20)15-25/h3-10,19,25H,11-15H2,1-2H3,(H,22,26)/t19-/m1/s1. The van der Waals surface area contributed by atoms with Gasteiger partial charge < -0.3 is 15.3 Å². The van der Waals surface area contributed by atoms with Crippen molar-refractivity contribution < 1.29 is 9.90 Å². The molecule has 1 atom stereocenters. The third-order valence-electron chi connectivity index (χ3n) is 5.12. The van der Waals surface area contributed by atoms with Gasteiger partial charge in [-0.25, -0.2) is 0 Å². The molecule has 0 aliphatic carbocycles. The summed E-state index contributed by atoms with van der Waals surface area (Å²) in [7, 11) is 4.22. The number of rotatable bonds is 5. The fraction of sp³-hybridized carbons (Fsp3) is 0.381. The van der Waals surface area contributed by atoms with Crippen molar-refractivity contribution in [2.45, 2.75) is 12.6 Å². The molecule has 2 aromatic rings. The quantitative estimate of drug-likeness (QED) is 0.861. The van der Waals surface area contributed by atoms with Gasteiger partial charge in [0, 0.05) is 37.8 Å². The molecule has 0 radical (unpaired) electrons. The van der Waals surface area contributed by atoms with Gasteiger partial charge in [-0.3, -0.25) is 9.69 Å². The molecule has 1 fully saturated rings. The second kappa shape index (κ2) is 8.45. The minimum atomic E-state index is -0.0476. The van der Waals surface area contributed by atoms with Crippen molar-refractivity contribution in [2.24, 2.45) is 0 Å². The number of hydrogen-bond donors (Lipinski definition) is 2. The topological polar surface area (TPSA) is 55.8 Å². The number of aliphatic hydroxyl groups is 1. The predicted molar refractivity (Wildman–Crippen MR) is 104 cm³/mol. The van der Waals surface area contributed by atoms with E-state index >= 15 is 0 Å². The van der Waals surface area contributed by atoms with E-state index in [-0.39, 0.29) is 12.5 Å². The van der Waals surface area contributed by atoms with Crippen LogP contribution in [0.4, 0.5) is 0 Å². The van der Waals surface area contributed by atoms with Gasteiger partial charge in [0.05, 0.1) is 6.61 Å². The van der Waals surface area contributed by atoms with Crippen molar-refractivity contribution in [1.29, 1.82) is 0 Å². The highest BCUT2D eigenvalue weighted by Crippen LogP contribution is 2.24. The van der Waals surface area contributed by atoms with Crippen molar-refractivity contribution in [1.82, 2.24) is 15.1 Å². The van der Waals surface area contributed by atoms with Crippen molar-refractivity contribution in [3.05, 3.63) is 59.7 Å². The highest BCUT2D eigenvalue weighted by Gasteiger charge is 2.22. The maximum absolute atomic E-state index is 12.5. The zero-order chi connectivity index (χ0) is 18.5. The smallest absolute Gasteiger partial charge is 0.251 e. The number of nitrogens with one attached hydrogen (secondary N) is 1. The van der Waals surface area contributed by atoms with Gasteiger partial charge in [-0.2, -0.15) is 0 Å². The summed E-state index contributed by atoms with van der Waals surface area (Å²) in [6.07, 6.45) is 0. The Kier molecular flexibility index (Phi) is 6.04. The fourth-order valence-electron chi connectivity index (χ4n) is 3.38. The Morgan fingerprint density at radius 2 is 1.85 bits per heavy atom. The third kappa shape index (κ3) is 4.30. The number of amides is 1. The maximum atomic E-state index is 12.5. The molecule has 2 N–H and O–H groups in total. The first-order chi connectivity index (χ1) is 12.6. The number of likely N-dealkylation sites (N-methyl/N-ethyl adjacent to an activating group) is 2. The molecule has 2 aromatic carbocycles. The Labute approximate surface area is 155 Å². The van der Waals surface area contributed by atoms with E-state index in [1.807, 2.05) is 48.5 Å². The van der Waals surface area contributed by atoms with Gasteiger partial charge in [0.2, 0.25) is 0 Å². The lowest BCUT2D eigenvalue weighted by Gasteiger charge is -2.37. The molecule has 3 rings (SSSR count). The van der Waals surface area contributed by atoms with E-state index in [2.05, 4.69) is 29.2 Å². The molecule has 1 heterocycles. The molecule has 1 aliphatic rings. The normalized spacial score (nSPS) is 18.7. The molecule has 5 heteroatoms. The molecule has 138 valence electrons. The van der Waals surface area contributed by atoms with E-state index in [0.29, 0.717) is 18.2 Å². The van der Waals surface area contributed by atoms with Crippen molar-refractivity contribution in [3.8, 4) is 11.1 Å². The molecule has 0 saturated carbocycles. The third-order valence-corrected chi connectivity index (χ3v) is 5.12. The second-order valence-electron chi connectivity index (χ2n) is 7.00. The van der Waals surface area contributed by atoms with Crippen molar-refractivity contribution >= 4 is 5.91 Å². The largest absolute Gasteiger partial charge is 0.392 e. The van der Waals surface area contributed by atoms with E-state index in [1.165, 1.54) is 0 Å². The summed E-state index contributed by atoms with van der Waals surface area (Å²) >= 11 is 0. The Morgan fingerprint density at radius 1 is 1.12 bits per heavy atom. The summed E-state index contributed by atoms with van der Waals surface area (Å²) in [5, 5.41) is 12.5. The molecule has 1 aliphatic heterocycles. The Bertz CT molecular complexity index is 745. The van der Waals surface area contributed by atoms with Crippen LogP contribution in [0.3, 0.4) is 0 Å². The highest BCUT2D eigenvalue weighted by molar-refractivity contribution is 5.94. The van der Waals surface area contributed by atoms with Crippen molar-refractivity contribution in [3.63, 3.8) is 0 Å². The van der Waals surface area contributed by atoms with Gasteiger partial charge in [0.15, 0.2) is 0 Å². The average Bonchev–Trinajstić information content (AvgIpc) is 2.68. The first-order valence-corrected chi connectivity index (χ1v) is 9.04. The van der Waals surface area contributed by atoms with E-state index in [9.17, 15) is 9.90 Å². The second-order valence-corrected chi connectivity index (χ2v) is 7.00. The molecule has 0 unspecified atom stereocenters. The molecule has 0 bridgehead atoms. The maximum Gasteiger partial charge on any atom is 0.251 e. The average molecular weight is 353 g/mol. The fourth-order valence-corrected chi connectivity index (χ4v) is 3.38. The number of hydrogen-bond acceptors (Lipinski definition) is 4. The number of nitrogens with zero attached hydrogens (tertiary/aromatic N) is 2. The molecule has 1 saturated heterocycles. The number of piperazine rings is 1. The minimum absolute atomic E-state index is 0.00175. The zero-order valence-corrected chi connectivity index (χ0v) is 15.5. The monoisotopic (exact) mass is 353 g/mol. The van der Waals surface area contributed by atoms with Crippen LogP contribution in [0.2, 0.25) is 0 Å². The Balaban J connectivity index is 1.64. The SMILES string of the molecule is CN1CCN(C)[C@H](CNC(=O)c2ccc(-c3ccccc3CO)cc2)C1. The number of aliphatic hydroxyl groups excluding tert-OH is 1. The molecular weight excluding hydrogens is 326 g/mol. The van der Waals surface area contributed by atoms with Crippen LogP contribution in [-0.4, -0.2) is 67.1 Å². The van der Waals surface area contributed by atoms with Gasteiger partial charge in [0.1, 0.15) is 0 Å².